The second-order valence-corrected chi connectivity index (χ2v) is 18.1. The minimum absolute atomic E-state index is 0. The number of esters is 2. The summed E-state index contributed by atoms with van der Waals surface area (Å²) in [5.41, 5.74) is 9.04. The molecule has 0 aromatic heterocycles. The summed E-state index contributed by atoms with van der Waals surface area (Å²) in [6.45, 7) is 28.4. The number of aliphatic hydroxyl groups is 9. The summed E-state index contributed by atoms with van der Waals surface area (Å²) in [5.74, 6) is -4.65. The van der Waals surface area contributed by atoms with E-state index in [0.717, 1.165) is 53.2 Å². The van der Waals surface area contributed by atoms with Gasteiger partial charge in [0.2, 0.25) is 11.8 Å². The molecule has 0 bridgehead atoms. The van der Waals surface area contributed by atoms with Crippen LogP contribution in [0.15, 0.2) is 0 Å². The number of halogens is 1. The van der Waals surface area contributed by atoms with Crippen molar-refractivity contribution in [3.63, 3.8) is 0 Å². The Morgan fingerprint density at radius 2 is 0.808 bits per heavy atom. The minimum Gasteiger partial charge on any atom is -1.00 e. The summed E-state index contributed by atoms with van der Waals surface area (Å²) in [5, 5.41) is 94.4. The van der Waals surface area contributed by atoms with Gasteiger partial charge in [0.25, 0.3) is 11.8 Å². The fourth-order valence-electron chi connectivity index (χ4n) is 4.96. The first-order valence-corrected chi connectivity index (χ1v) is 26.4. The Morgan fingerprint density at radius 1 is 0.474 bits per heavy atom. The number of carbonyl (C=O) groups excluding carboxylic acids is 8. The van der Waals surface area contributed by atoms with Crippen LogP contribution in [0.5, 0.6) is 0 Å². The highest BCUT2D eigenvalue weighted by molar-refractivity contribution is 5.90. The van der Waals surface area contributed by atoms with Gasteiger partial charge in [-0.25, -0.2) is 0 Å². The van der Waals surface area contributed by atoms with Gasteiger partial charge in [0.05, 0.1) is 33.7 Å². The molecule has 0 aliphatic heterocycles. The zero-order valence-corrected chi connectivity index (χ0v) is 49.9. The van der Waals surface area contributed by atoms with Crippen LogP contribution in [0.1, 0.15) is 128 Å². The van der Waals surface area contributed by atoms with Crippen LogP contribution in [0.4, 0.5) is 0 Å². The van der Waals surface area contributed by atoms with E-state index in [1.807, 2.05) is 33.0 Å². The molecule has 0 fully saturated rings. The lowest BCUT2D eigenvalue weighted by atomic mass is 9.97. The molecule has 0 heterocycles. The third-order valence-electron chi connectivity index (χ3n) is 12.0. The van der Waals surface area contributed by atoms with Crippen LogP contribution < -0.4 is 45.1 Å². The molecule has 4 unspecified atom stereocenters. The van der Waals surface area contributed by atoms with Gasteiger partial charge in [0, 0.05) is 45.4 Å². The van der Waals surface area contributed by atoms with E-state index in [2.05, 4.69) is 84.5 Å². The molecule has 466 valence electrons. The fraction of sp³-hybridized carbons (Fsp3) is 0.843. The van der Waals surface area contributed by atoms with Crippen molar-refractivity contribution < 1.29 is 112 Å². The van der Waals surface area contributed by atoms with Gasteiger partial charge in [0.15, 0.2) is 23.8 Å². The number of ketones is 2. The molecule has 12 atom stereocenters. The Labute approximate surface area is 469 Å². The molecule has 0 spiro atoms. The summed E-state index contributed by atoms with van der Waals surface area (Å²) >= 11 is 0. The van der Waals surface area contributed by atoms with E-state index >= 15 is 0 Å². The SMILES string of the molecule is CCC(C)CN.CCC(C)CNC(=O)CCC(=O)[C@@H](O)[C@@H](O)[C@H](O)[C@@H](O)C(=O)NCC(=O)NCC(C)CC.CCC(C)C[NH3+].CCN(CC)CC.CO.COC(=O)CCC(=O)[C@@H](O)[C@@H](O)[C@H](O)[C@@H](O)C(=O)NCC(=O)OC.[Cl-]. The van der Waals surface area contributed by atoms with Gasteiger partial charge in [-0.2, -0.15) is 0 Å². The Morgan fingerprint density at radius 3 is 1.09 bits per heavy atom. The van der Waals surface area contributed by atoms with Gasteiger partial charge in [-0.05, 0) is 50.4 Å². The summed E-state index contributed by atoms with van der Waals surface area (Å²) in [4.78, 5) is 94.5. The number of carbonyl (C=O) groups is 8. The number of ether oxygens (including phenoxy) is 2. The summed E-state index contributed by atoms with van der Waals surface area (Å²) in [6.07, 6.45) is -14.6. The highest BCUT2D eigenvalue weighted by Gasteiger charge is 2.38. The monoisotopic (exact) mass is 1160 g/mol. The number of amides is 4. The lowest BCUT2D eigenvalue weighted by Crippen LogP contribution is -3.00. The first-order chi connectivity index (χ1) is 36.0. The number of nitrogens with two attached hydrogens (primary N) is 1. The third kappa shape index (κ3) is 46.8. The molecule has 26 nitrogen and oxygen atoms in total. The van der Waals surface area contributed by atoms with E-state index in [4.69, 9.17) is 10.8 Å². The van der Waals surface area contributed by atoms with Crippen molar-refractivity contribution >= 4 is 47.1 Å². The summed E-state index contributed by atoms with van der Waals surface area (Å²) in [7, 11) is 3.17. The zero-order chi connectivity index (χ0) is 61.4. The number of rotatable bonds is 33. The number of methoxy groups -OCH3 is 2. The molecule has 18 N–H and O–H groups in total. The quantitative estimate of drug-likeness (QED) is 0.0272. The lowest BCUT2D eigenvalue weighted by molar-refractivity contribution is -0.378. The topological polar surface area (TPSA) is 442 Å². The predicted octanol–water partition coefficient (Wildman–Crippen LogP) is -6.31. The normalized spacial score (nSPS) is 14.9. The number of nitrogens with one attached hydrogen (secondary N) is 4. The average Bonchev–Trinajstić information content (AvgIpc) is 3.46. The molecule has 78 heavy (non-hydrogen) atoms. The Bertz CT molecular complexity index is 1440. The average molecular weight is 1160 g/mol. The molecule has 4 amide bonds. The van der Waals surface area contributed by atoms with E-state index in [9.17, 15) is 79.2 Å². The van der Waals surface area contributed by atoms with Crippen molar-refractivity contribution in [2.45, 2.75) is 176 Å². The Balaban J connectivity index is -0.000000190. The van der Waals surface area contributed by atoms with Gasteiger partial charge in [-0.3, -0.25) is 38.4 Å². The van der Waals surface area contributed by atoms with Gasteiger partial charge in [-0.15, -0.1) is 0 Å². The summed E-state index contributed by atoms with van der Waals surface area (Å²) in [6, 6.07) is 0. The number of hydrogen-bond acceptors (Lipinski definition) is 21. The van der Waals surface area contributed by atoms with Gasteiger partial charge >= 0.3 is 11.9 Å². The van der Waals surface area contributed by atoms with E-state index in [0.29, 0.717) is 19.0 Å². The van der Waals surface area contributed by atoms with E-state index in [1.54, 1.807) is 0 Å². The second kappa shape index (κ2) is 56.3. The number of nitrogens with zero attached hydrogens (tertiary/aromatic N) is 1. The number of Topliss-reactive ketones (excluding diaryl/α,β-unsaturated/α-hetero) is 2. The van der Waals surface area contributed by atoms with Crippen molar-refractivity contribution in [1.82, 2.24) is 26.2 Å². The molecule has 0 radical (unpaired) electrons. The van der Waals surface area contributed by atoms with Gasteiger partial charge < -0.3 is 105 Å². The highest BCUT2D eigenvalue weighted by Crippen LogP contribution is 2.11. The van der Waals surface area contributed by atoms with Crippen LogP contribution in [-0.2, 0) is 47.8 Å². The standard InChI is InChI=1S/C21H39N3O8.C13H21NO10.C6H15N.2C5H13N.CH4O.ClH/c1-5-12(3)9-22-15(26)8-7-14(25)17(28)18(29)19(30)20(31)21(32)24-11-16(27)23-10-13(4)6-2;1-23-7(16)4-3-6(15)9(18)10(19)11(20)12(21)13(22)14-5-8(17)24-2;1-4-7(5-2)6-3;2*1-3-5(2)4-6;1-2;/h12-13,17-20,28-31H,5-11H2,1-4H3,(H,22,26)(H,23,27)(H,24,32);9-12,18-21H,3-5H2,1-2H3,(H,14,22);4-6H2,1-3H3;2*5H,3-4,6H2,1-2H3;2H,1H3;1H/t12?,13?,17-,18-,19+,20-;9-,10-,11+,12-;;;;;/m11...../s1. The molecule has 27 heteroatoms. The molecular formula is C51H106ClN7O19. The third-order valence-corrected chi connectivity index (χ3v) is 12.0. The maximum Gasteiger partial charge on any atom is 0.325 e. The maximum absolute atomic E-state index is 12.0. The van der Waals surface area contributed by atoms with Gasteiger partial charge in [-0.1, -0.05) is 95.4 Å². The molecule has 0 aliphatic carbocycles. The van der Waals surface area contributed by atoms with Crippen LogP contribution >= 0.6 is 0 Å². The van der Waals surface area contributed by atoms with Crippen LogP contribution in [0.3, 0.4) is 0 Å². The molecule has 0 aliphatic rings. The molecule has 0 saturated carbocycles. The lowest BCUT2D eigenvalue weighted by Gasteiger charge is -2.25. The van der Waals surface area contributed by atoms with Crippen LogP contribution in [-0.4, -0.2) is 227 Å². The molecule has 0 aromatic rings. The van der Waals surface area contributed by atoms with Crippen molar-refractivity contribution in [3.05, 3.63) is 0 Å². The van der Waals surface area contributed by atoms with Crippen molar-refractivity contribution in [2.24, 2.45) is 29.4 Å². The largest absolute Gasteiger partial charge is 1.00 e. The van der Waals surface area contributed by atoms with Crippen LogP contribution in [0.2, 0.25) is 0 Å². The molecule has 0 rings (SSSR count). The van der Waals surface area contributed by atoms with E-state index in [-0.39, 0.29) is 37.1 Å². The van der Waals surface area contributed by atoms with E-state index < -0.39 is 122 Å². The predicted molar refractivity (Wildman–Crippen MR) is 289 cm³/mol. The smallest absolute Gasteiger partial charge is 0.325 e. The second-order valence-electron chi connectivity index (χ2n) is 18.1. The number of aliphatic hydroxyl groups excluding tert-OH is 9. The number of quaternary nitrogens is 1. The van der Waals surface area contributed by atoms with Gasteiger partial charge in [0.1, 0.15) is 43.2 Å². The van der Waals surface area contributed by atoms with Crippen molar-refractivity contribution in [2.75, 3.05) is 80.2 Å². The number of hydrogen-bond donors (Lipinski definition) is 15. The van der Waals surface area contributed by atoms with E-state index in [1.165, 1.54) is 32.5 Å². The Hall–Kier alpha value is -4.03. The first kappa shape index (κ1) is 87.8. The molecular weight excluding hydrogens is 1050 g/mol. The van der Waals surface area contributed by atoms with Crippen molar-refractivity contribution in [3.8, 4) is 0 Å². The molecule has 0 saturated heterocycles. The van der Waals surface area contributed by atoms with Crippen LogP contribution in [0, 0.1) is 23.7 Å². The highest BCUT2D eigenvalue weighted by atomic mass is 35.5. The molecule has 0 aromatic carbocycles. The zero-order valence-electron chi connectivity index (χ0n) is 49.2. The maximum atomic E-state index is 12.0. The minimum atomic E-state index is -2.22. The van der Waals surface area contributed by atoms with Crippen molar-refractivity contribution in [1.29, 1.82) is 0 Å². The summed E-state index contributed by atoms with van der Waals surface area (Å²) < 4.78 is 8.54. The fourth-order valence-corrected chi connectivity index (χ4v) is 4.96. The Kier molecular flexibility index (Phi) is 63.3. The van der Waals surface area contributed by atoms with Crippen LogP contribution in [0.25, 0.3) is 0 Å². The first-order valence-electron chi connectivity index (χ1n) is 26.4.